The van der Waals surface area contributed by atoms with Crippen molar-refractivity contribution in [3.8, 4) is 0 Å². The summed E-state index contributed by atoms with van der Waals surface area (Å²) in [6.45, 7) is 5.41. The van der Waals surface area contributed by atoms with E-state index < -0.39 is 23.1 Å². The molecule has 0 aliphatic carbocycles. The fraction of sp³-hybridized carbons (Fsp3) is 0.500. The Hall–Kier alpha value is -0.810. The quantitative estimate of drug-likeness (QED) is 0.532. The second-order valence-corrected chi connectivity index (χ2v) is 7.62. The Kier molecular flexibility index (Phi) is 5.31. The van der Waals surface area contributed by atoms with Gasteiger partial charge in [-0.2, -0.15) is 0 Å². The van der Waals surface area contributed by atoms with Crippen LogP contribution < -0.4 is 0 Å². The van der Waals surface area contributed by atoms with Crippen LogP contribution >= 0.6 is 34.8 Å². The Morgan fingerprint density at radius 1 is 1.09 bits per heavy atom. The molecule has 1 unspecified atom stereocenters. The molecule has 0 amide bonds. The molecule has 7 heteroatoms. The summed E-state index contributed by atoms with van der Waals surface area (Å²) in [6, 6.07) is 2.72. The molecule has 1 aromatic carbocycles. The van der Waals surface area contributed by atoms with Crippen molar-refractivity contribution >= 4 is 46.7 Å². The van der Waals surface area contributed by atoms with Gasteiger partial charge < -0.3 is 9.47 Å². The van der Waals surface area contributed by atoms with E-state index in [0.29, 0.717) is 6.42 Å². The number of esters is 2. The third-order valence-corrected chi connectivity index (χ3v) is 4.58. The van der Waals surface area contributed by atoms with Gasteiger partial charge in [-0.3, -0.25) is 0 Å². The Balaban J connectivity index is 2.19. The van der Waals surface area contributed by atoms with E-state index in [1.54, 1.807) is 6.92 Å². The van der Waals surface area contributed by atoms with Gasteiger partial charge >= 0.3 is 11.9 Å². The van der Waals surface area contributed by atoms with Crippen molar-refractivity contribution in [2.75, 3.05) is 0 Å². The van der Waals surface area contributed by atoms with Crippen LogP contribution in [0.4, 0.5) is 0 Å². The molecule has 0 radical (unpaired) electrons. The molecular formula is C16H17Cl3O4. The summed E-state index contributed by atoms with van der Waals surface area (Å²) in [5, 5.41) is 0.331. The van der Waals surface area contributed by atoms with Crippen molar-refractivity contribution in [1.29, 1.82) is 0 Å². The van der Waals surface area contributed by atoms with Gasteiger partial charge in [0.2, 0.25) is 0 Å². The molecule has 1 aliphatic heterocycles. The van der Waals surface area contributed by atoms with E-state index in [-0.39, 0.29) is 20.6 Å². The van der Waals surface area contributed by atoms with Crippen molar-refractivity contribution < 1.29 is 19.1 Å². The lowest BCUT2D eigenvalue weighted by Gasteiger charge is -2.41. The molecule has 0 bridgehead atoms. The maximum atomic E-state index is 12.4. The van der Waals surface area contributed by atoms with Gasteiger partial charge in [-0.1, -0.05) is 34.8 Å². The zero-order chi connectivity index (χ0) is 17.4. The molecule has 1 aromatic rings. The molecule has 1 aliphatic rings. The van der Waals surface area contributed by atoms with Crippen molar-refractivity contribution in [2.45, 2.75) is 51.2 Å². The highest BCUT2D eigenvalue weighted by Gasteiger charge is 2.45. The number of hydrogen-bond donors (Lipinski definition) is 0. The lowest BCUT2D eigenvalue weighted by molar-refractivity contribution is -0.197. The highest BCUT2D eigenvalue weighted by Crippen LogP contribution is 2.36. The van der Waals surface area contributed by atoms with Gasteiger partial charge in [-0.15, -0.1) is 0 Å². The summed E-state index contributed by atoms with van der Waals surface area (Å²) in [5.41, 5.74) is -1.72. The highest BCUT2D eigenvalue weighted by molar-refractivity contribution is 6.42. The van der Waals surface area contributed by atoms with Gasteiger partial charge in [0.25, 0.3) is 0 Å². The Morgan fingerprint density at radius 3 is 2.17 bits per heavy atom. The highest BCUT2D eigenvalue weighted by atomic mass is 35.5. The predicted octanol–water partition coefficient (Wildman–Crippen LogP) is 5.07. The molecule has 126 valence electrons. The first-order chi connectivity index (χ1) is 10.5. The maximum absolute atomic E-state index is 12.4. The number of halogens is 3. The SMILES string of the molecule is CC1(C)CCCC(C)(C(=O)OC(=O)c2c(Cl)cc(Cl)cc2Cl)O1. The summed E-state index contributed by atoms with van der Waals surface area (Å²) in [7, 11) is 0. The van der Waals surface area contributed by atoms with E-state index in [0.717, 1.165) is 12.8 Å². The molecule has 0 N–H and O–H groups in total. The minimum absolute atomic E-state index is 0.0235. The largest absolute Gasteiger partial charge is 0.387 e. The molecule has 23 heavy (non-hydrogen) atoms. The van der Waals surface area contributed by atoms with Crippen LogP contribution in [0.3, 0.4) is 0 Å². The third-order valence-electron chi connectivity index (χ3n) is 3.76. The van der Waals surface area contributed by atoms with Crippen molar-refractivity contribution in [1.82, 2.24) is 0 Å². The van der Waals surface area contributed by atoms with Gasteiger partial charge in [0.15, 0.2) is 5.60 Å². The van der Waals surface area contributed by atoms with Gasteiger partial charge in [-0.25, -0.2) is 9.59 Å². The van der Waals surface area contributed by atoms with E-state index in [2.05, 4.69) is 0 Å². The van der Waals surface area contributed by atoms with Crippen molar-refractivity contribution in [3.05, 3.63) is 32.8 Å². The van der Waals surface area contributed by atoms with Crippen molar-refractivity contribution in [3.63, 3.8) is 0 Å². The zero-order valence-electron chi connectivity index (χ0n) is 13.0. The van der Waals surface area contributed by atoms with Crippen LogP contribution in [-0.4, -0.2) is 23.1 Å². The Labute approximate surface area is 150 Å². The van der Waals surface area contributed by atoms with E-state index in [4.69, 9.17) is 44.3 Å². The minimum Gasteiger partial charge on any atom is -0.387 e. The van der Waals surface area contributed by atoms with Gasteiger partial charge in [0.05, 0.1) is 21.2 Å². The monoisotopic (exact) mass is 378 g/mol. The Morgan fingerprint density at radius 2 is 1.65 bits per heavy atom. The van der Waals surface area contributed by atoms with E-state index >= 15 is 0 Å². The topological polar surface area (TPSA) is 52.6 Å². The summed E-state index contributed by atoms with van der Waals surface area (Å²) < 4.78 is 10.8. The normalized spacial score (nSPS) is 23.4. The van der Waals surface area contributed by atoms with Crippen LogP contribution in [0.25, 0.3) is 0 Å². The number of carbonyl (C=O) groups excluding carboxylic acids is 2. The molecule has 0 saturated carbocycles. The number of hydrogen-bond acceptors (Lipinski definition) is 4. The molecule has 0 aromatic heterocycles. The lowest BCUT2D eigenvalue weighted by Crippen LogP contribution is -2.50. The first kappa shape index (κ1) is 18.5. The number of carbonyl (C=O) groups is 2. The van der Waals surface area contributed by atoms with Crippen LogP contribution in [0.1, 0.15) is 50.4 Å². The molecule has 1 atom stereocenters. The fourth-order valence-corrected chi connectivity index (χ4v) is 3.66. The maximum Gasteiger partial charge on any atom is 0.348 e. The van der Waals surface area contributed by atoms with Crippen LogP contribution in [-0.2, 0) is 14.3 Å². The predicted molar refractivity (Wildman–Crippen MR) is 89.3 cm³/mol. The third kappa shape index (κ3) is 4.18. The smallest absolute Gasteiger partial charge is 0.348 e. The molecule has 1 fully saturated rings. The summed E-state index contributed by atoms with van der Waals surface area (Å²) in [4.78, 5) is 24.6. The molecule has 2 rings (SSSR count). The van der Waals surface area contributed by atoms with Crippen molar-refractivity contribution in [2.24, 2.45) is 0 Å². The van der Waals surface area contributed by atoms with E-state index in [9.17, 15) is 9.59 Å². The van der Waals surface area contributed by atoms with Crippen LogP contribution in [0.2, 0.25) is 15.1 Å². The molecule has 1 saturated heterocycles. The zero-order valence-corrected chi connectivity index (χ0v) is 15.3. The molecular weight excluding hydrogens is 363 g/mol. The number of benzene rings is 1. The first-order valence-electron chi connectivity index (χ1n) is 7.15. The molecule has 1 heterocycles. The number of ether oxygens (including phenoxy) is 2. The fourth-order valence-electron chi connectivity index (χ4n) is 2.69. The van der Waals surface area contributed by atoms with Gasteiger partial charge in [0, 0.05) is 5.02 Å². The second-order valence-electron chi connectivity index (χ2n) is 6.37. The average molecular weight is 380 g/mol. The van der Waals surface area contributed by atoms with E-state index in [1.165, 1.54) is 12.1 Å². The summed E-state index contributed by atoms with van der Waals surface area (Å²) in [5.74, 6) is -1.67. The number of rotatable bonds is 2. The first-order valence-corrected chi connectivity index (χ1v) is 8.29. The average Bonchev–Trinajstić information content (AvgIpc) is 2.35. The van der Waals surface area contributed by atoms with Crippen LogP contribution in [0.15, 0.2) is 12.1 Å². The minimum atomic E-state index is -1.18. The molecule has 4 nitrogen and oxygen atoms in total. The van der Waals surface area contributed by atoms with Crippen LogP contribution in [0.5, 0.6) is 0 Å². The summed E-state index contributed by atoms with van der Waals surface area (Å²) >= 11 is 17.7. The molecule has 0 spiro atoms. The van der Waals surface area contributed by atoms with E-state index in [1.807, 2.05) is 13.8 Å². The van der Waals surface area contributed by atoms with Crippen LogP contribution in [0, 0.1) is 0 Å². The van der Waals surface area contributed by atoms with Gasteiger partial charge in [-0.05, 0) is 52.2 Å². The second kappa shape index (κ2) is 6.60. The standard InChI is InChI=1S/C16H17Cl3O4/c1-15(2)5-4-6-16(3,23-15)14(21)22-13(20)12-10(18)7-9(17)8-11(12)19/h7-8H,4-6H2,1-3H3. The Bertz CT molecular complexity index is 634. The summed E-state index contributed by atoms with van der Waals surface area (Å²) in [6.07, 6.45) is 2.11. The lowest BCUT2D eigenvalue weighted by atomic mass is 9.88. The van der Waals surface area contributed by atoms with Gasteiger partial charge in [0.1, 0.15) is 0 Å².